The number of hydrogen-bond acceptors (Lipinski definition) is 2. The van der Waals surface area contributed by atoms with E-state index < -0.39 is 0 Å². The van der Waals surface area contributed by atoms with Gasteiger partial charge in [-0.25, -0.2) is 0 Å². The fourth-order valence-corrected chi connectivity index (χ4v) is 2.69. The van der Waals surface area contributed by atoms with E-state index in [1.54, 1.807) is 12.1 Å². The Morgan fingerprint density at radius 2 is 1.67 bits per heavy atom. The molecule has 0 saturated heterocycles. The van der Waals surface area contributed by atoms with Gasteiger partial charge in [-0.15, -0.1) is 0 Å². The highest BCUT2D eigenvalue weighted by Crippen LogP contribution is 2.35. The summed E-state index contributed by atoms with van der Waals surface area (Å²) >= 11 is 15.8. The Balaban J connectivity index is 2.13. The Labute approximate surface area is 143 Å². The Bertz CT molecular complexity index is 632. The first kappa shape index (κ1) is 16.6. The molecule has 0 spiro atoms. The molecule has 0 fully saturated rings. The molecule has 2 nitrogen and oxygen atoms in total. The summed E-state index contributed by atoms with van der Waals surface area (Å²) in [4.78, 5) is 0. The summed E-state index contributed by atoms with van der Waals surface area (Å²) in [5.41, 5.74) is 1.11. The van der Waals surface area contributed by atoms with E-state index in [1.807, 2.05) is 24.3 Å². The lowest BCUT2D eigenvalue weighted by Crippen LogP contribution is -2.21. The normalized spacial score (nSPS) is 11.0. The summed E-state index contributed by atoms with van der Waals surface area (Å²) in [7, 11) is 0. The van der Waals surface area contributed by atoms with Gasteiger partial charge in [0.1, 0.15) is 11.5 Å². The number of rotatable bonds is 5. The maximum atomic E-state index is 6.27. The highest BCUT2D eigenvalue weighted by atomic mass is 79.9. The van der Waals surface area contributed by atoms with Crippen LogP contribution in [0.2, 0.25) is 10.0 Å². The first-order valence-corrected chi connectivity index (χ1v) is 8.15. The second kappa shape index (κ2) is 7.50. The lowest BCUT2D eigenvalue weighted by atomic mass is 10.2. The predicted octanol–water partition coefficient (Wildman–Crippen LogP) is 6.05. The van der Waals surface area contributed by atoms with E-state index in [1.165, 1.54) is 0 Å². The summed E-state index contributed by atoms with van der Waals surface area (Å²) in [6.45, 7) is 4.99. The molecule has 0 amide bonds. The van der Waals surface area contributed by atoms with Gasteiger partial charge in [0.2, 0.25) is 0 Å². The summed E-state index contributed by atoms with van der Waals surface area (Å²) in [5, 5.41) is 4.45. The first-order chi connectivity index (χ1) is 9.95. The van der Waals surface area contributed by atoms with Crippen molar-refractivity contribution in [2.75, 3.05) is 0 Å². The molecule has 2 aromatic carbocycles. The van der Waals surface area contributed by atoms with Crippen molar-refractivity contribution in [2.45, 2.75) is 26.4 Å². The topological polar surface area (TPSA) is 21.3 Å². The number of benzene rings is 2. The van der Waals surface area contributed by atoms with E-state index in [-0.39, 0.29) is 0 Å². The Morgan fingerprint density at radius 1 is 1.05 bits per heavy atom. The predicted molar refractivity (Wildman–Crippen MR) is 92.7 cm³/mol. The molecule has 0 saturated carbocycles. The molecular weight excluding hydrogens is 373 g/mol. The molecule has 0 bridgehead atoms. The summed E-state index contributed by atoms with van der Waals surface area (Å²) in [6.07, 6.45) is 0. The maximum Gasteiger partial charge on any atom is 0.146 e. The minimum atomic E-state index is 0.432. The zero-order chi connectivity index (χ0) is 15.4. The summed E-state index contributed by atoms with van der Waals surface area (Å²) in [6, 6.07) is 11.6. The minimum absolute atomic E-state index is 0.432. The van der Waals surface area contributed by atoms with Crippen molar-refractivity contribution < 1.29 is 4.74 Å². The number of hydrogen-bond donors (Lipinski definition) is 1. The van der Waals surface area contributed by atoms with Crippen molar-refractivity contribution in [3.8, 4) is 11.5 Å². The van der Waals surface area contributed by atoms with Crippen LogP contribution in [0, 0.1) is 0 Å². The first-order valence-electron chi connectivity index (χ1n) is 6.60. The standard InChI is InChI=1S/C16H16BrCl2NO/c1-10(2)20-9-11-3-5-15(13(18)7-11)21-16-6-4-12(17)8-14(16)19/h3-8,10,20H,9H2,1-2H3. The van der Waals surface area contributed by atoms with E-state index in [9.17, 15) is 0 Å². The van der Waals surface area contributed by atoms with Gasteiger partial charge in [-0.2, -0.15) is 0 Å². The van der Waals surface area contributed by atoms with E-state index >= 15 is 0 Å². The molecule has 0 atom stereocenters. The van der Waals surface area contributed by atoms with Crippen molar-refractivity contribution in [3.05, 3.63) is 56.5 Å². The van der Waals surface area contributed by atoms with Crippen LogP contribution in [0.15, 0.2) is 40.9 Å². The van der Waals surface area contributed by atoms with Crippen LogP contribution in [0.1, 0.15) is 19.4 Å². The average Bonchev–Trinajstić information content (AvgIpc) is 2.42. The Kier molecular flexibility index (Phi) is 5.94. The monoisotopic (exact) mass is 387 g/mol. The number of ether oxygens (including phenoxy) is 1. The molecular formula is C16H16BrCl2NO. The van der Waals surface area contributed by atoms with E-state index in [4.69, 9.17) is 27.9 Å². The third-order valence-electron chi connectivity index (χ3n) is 2.82. The lowest BCUT2D eigenvalue weighted by Gasteiger charge is -2.12. The third kappa shape index (κ3) is 4.89. The van der Waals surface area contributed by atoms with Crippen molar-refractivity contribution in [2.24, 2.45) is 0 Å². The molecule has 0 aliphatic carbocycles. The van der Waals surface area contributed by atoms with Gasteiger partial charge >= 0.3 is 0 Å². The van der Waals surface area contributed by atoms with E-state index in [0.717, 1.165) is 16.6 Å². The van der Waals surface area contributed by atoms with Crippen LogP contribution < -0.4 is 10.1 Å². The van der Waals surface area contributed by atoms with Crippen molar-refractivity contribution in [1.29, 1.82) is 0 Å². The second-order valence-electron chi connectivity index (χ2n) is 4.98. The maximum absolute atomic E-state index is 6.27. The van der Waals surface area contributed by atoms with E-state index in [0.29, 0.717) is 27.6 Å². The molecule has 2 aromatic rings. The number of halogens is 3. The Hall–Kier alpha value is -0.740. The quantitative estimate of drug-likeness (QED) is 0.673. The van der Waals surface area contributed by atoms with Gasteiger partial charge in [-0.3, -0.25) is 0 Å². The average molecular weight is 389 g/mol. The molecule has 0 radical (unpaired) electrons. The molecule has 2 rings (SSSR count). The molecule has 21 heavy (non-hydrogen) atoms. The van der Waals surface area contributed by atoms with Crippen LogP contribution in [0.25, 0.3) is 0 Å². The van der Waals surface area contributed by atoms with Crippen LogP contribution in [0.4, 0.5) is 0 Å². The van der Waals surface area contributed by atoms with Gasteiger partial charge in [-0.1, -0.05) is 59.0 Å². The fraction of sp³-hybridized carbons (Fsp3) is 0.250. The van der Waals surface area contributed by atoms with Gasteiger partial charge in [-0.05, 0) is 35.9 Å². The summed E-state index contributed by atoms with van der Waals surface area (Å²) < 4.78 is 6.67. The molecule has 0 aliphatic rings. The summed E-state index contributed by atoms with van der Waals surface area (Å²) in [5.74, 6) is 1.17. The van der Waals surface area contributed by atoms with Gasteiger partial charge < -0.3 is 10.1 Å². The van der Waals surface area contributed by atoms with Gasteiger partial charge in [0.25, 0.3) is 0 Å². The van der Waals surface area contributed by atoms with Crippen LogP contribution in [0.5, 0.6) is 11.5 Å². The smallest absolute Gasteiger partial charge is 0.146 e. The molecule has 0 heterocycles. The highest BCUT2D eigenvalue weighted by molar-refractivity contribution is 9.10. The highest BCUT2D eigenvalue weighted by Gasteiger charge is 2.08. The number of nitrogens with one attached hydrogen (secondary N) is 1. The molecule has 112 valence electrons. The van der Waals surface area contributed by atoms with Crippen LogP contribution >= 0.6 is 39.1 Å². The van der Waals surface area contributed by atoms with Crippen LogP contribution in [-0.4, -0.2) is 6.04 Å². The zero-order valence-corrected chi connectivity index (χ0v) is 14.9. The Morgan fingerprint density at radius 3 is 2.24 bits per heavy atom. The fourth-order valence-electron chi connectivity index (χ4n) is 1.74. The van der Waals surface area contributed by atoms with Crippen molar-refractivity contribution in [1.82, 2.24) is 5.32 Å². The second-order valence-corrected chi connectivity index (χ2v) is 6.71. The molecule has 1 N–H and O–H groups in total. The third-order valence-corrected chi connectivity index (χ3v) is 3.91. The SMILES string of the molecule is CC(C)NCc1ccc(Oc2ccc(Br)cc2Cl)c(Cl)c1. The van der Waals surface area contributed by atoms with Gasteiger partial charge in [0.15, 0.2) is 0 Å². The molecule has 0 aliphatic heterocycles. The van der Waals surface area contributed by atoms with Crippen molar-refractivity contribution >= 4 is 39.1 Å². The van der Waals surface area contributed by atoms with Crippen LogP contribution in [0.3, 0.4) is 0 Å². The van der Waals surface area contributed by atoms with Gasteiger partial charge in [0, 0.05) is 17.1 Å². The van der Waals surface area contributed by atoms with E-state index in [2.05, 4.69) is 35.1 Å². The molecule has 5 heteroatoms. The molecule has 0 unspecified atom stereocenters. The zero-order valence-electron chi connectivity index (χ0n) is 11.8. The molecule has 0 aromatic heterocycles. The minimum Gasteiger partial charge on any atom is -0.454 e. The van der Waals surface area contributed by atoms with Crippen molar-refractivity contribution in [3.63, 3.8) is 0 Å². The largest absolute Gasteiger partial charge is 0.454 e. The lowest BCUT2D eigenvalue weighted by molar-refractivity contribution is 0.482. The van der Waals surface area contributed by atoms with Crippen LogP contribution in [-0.2, 0) is 6.54 Å². The van der Waals surface area contributed by atoms with Gasteiger partial charge in [0.05, 0.1) is 10.0 Å².